The number of rotatable bonds is 4. The van der Waals surface area contributed by atoms with Gasteiger partial charge < -0.3 is 14.0 Å². The first kappa shape index (κ1) is 14.8. The van der Waals surface area contributed by atoms with E-state index in [9.17, 15) is 4.79 Å². The van der Waals surface area contributed by atoms with E-state index < -0.39 is 0 Å². The molecule has 2 aromatic heterocycles. The molecule has 4 nitrogen and oxygen atoms in total. The normalized spacial score (nSPS) is 25.1. The van der Waals surface area contributed by atoms with Gasteiger partial charge in [0.05, 0.1) is 11.7 Å². The summed E-state index contributed by atoms with van der Waals surface area (Å²) >= 11 is 0. The highest BCUT2D eigenvalue weighted by atomic mass is 16.5. The van der Waals surface area contributed by atoms with Gasteiger partial charge in [0.1, 0.15) is 0 Å². The van der Waals surface area contributed by atoms with E-state index in [0.29, 0.717) is 12.1 Å². The summed E-state index contributed by atoms with van der Waals surface area (Å²) in [5, 5.41) is 0. The molecule has 2 aliphatic rings. The van der Waals surface area contributed by atoms with E-state index in [2.05, 4.69) is 6.92 Å². The molecule has 2 saturated carbocycles. The lowest BCUT2D eigenvalue weighted by atomic mass is 9.50. The number of fused-ring (bicyclic) bond motifs is 1. The van der Waals surface area contributed by atoms with Crippen LogP contribution in [0.5, 0.6) is 0 Å². The van der Waals surface area contributed by atoms with Crippen LogP contribution in [0.15, 0.2) is 36.7 Å². The van der Waals surface area contributed by atoms with Crippen LogP contribution in [0, 0.1) is 5.41 Å². The molecule has 122 valence electrons. The molecule has 2 aromatic rings. The van der Waals surface area contributed by atoms with Crippen molar-refractivity contribution >= 4 is 11.4 Å². The summed E-state index contributed by atoms with van der Waals surface area (Å²) in [5.41, 5.74) is 2.05. The molecule has 2 aliphatic carbocycles. The zero-order valence-electron chi connectivity index (χ0n) is 13.9. The van der Waals surface area contributed by atoms with Gasteiger partial charge in [-0.2, -0.15) is 0 Å². The summed E-state index contributed by atoms with van der Waals surface area (Å²) in [5.74, 6) is 0.125. The number of hydrogen-bond acceptors (Lipinski definition) is 2. The van der Waals surface area contributed by atoms with Crippen LogP contribution in [-0.4, -0.2) is 41.0 Å². The van der Waals surface area contributed by atoms with Gasteiger partial charge in [0.15, 0.2) is 0 Å². The van der Waals surface area contributed by atoms with Gasteiger partial charge in [-0.1, -0.05) is 12.5 Å². The fraction of sp³-hybridized carbons (Fsp3) is 0.526. The van der Waals surface area contributed by atoms with E-state index in [-0.39, 0.29) is 11.3 Å². The second-order valence-electron chi connectivity index (χ2n) is 6.96. The fourth-order valence-corrected chi connectivity index (χ4v) is 4.46. The summed E-state index contributed by atoms with van der Waals surface area (Å²) in [7, 11) is 1.96. The predicted octanol–water partition coefficient (Wildman–Crippen LogP) is 3.36. The molecule has 0 saturated heterocycles. The zero-order chi connectivity index (χ0) is 16.0. The average molecular weight is 312 g/mol. The monoisotopic (exact) mass is 312 g/mol. The minimum atomic E-state index is 0.125. The second-order valence-corrected chi connectivity index (χ2v) is 6.96. The number of hydrogen-bond donors (Lipinski definition) is 0. The summed E-state index contributed by atoms with van der Waals surface area (Å²) in [6.45, 7) is 2.82. The van der Waals surface area contributed by atoms with Crippen molar-refractivity contribution < 1.29 is 9.53 Å². The lowest BCUT2D eigenvalue weighted by Crippen LogP contribution is -2.67. The summed E-state index contributed by atoms with van der Waals surface area (Å²) in [4.78, 5) is 14.9. The molecular weight excluding hydrogens is 288 g/mol. The van der Waals surface area contributed by atoms with Crippen molar-refractivity contribution in [3.05, 3.63) is 42.2 Å². The Bertz CT molecular complexity index is 699. The highest BCUT2D eigenvalue weighted by molar-refractivity contribution is 5.95. The Morgan fingerprint density at radius 3 is 2.91 bits per heavy atom. The van der Waals surface area contributed by atoms with Gasteiger partial charge in [-0.3, -0.25) is 4.79 Å². The lowest BCUT2D eigenvalue weighted by Gasteiger charge is -2.63. The minimum absolute atomic E-state index is 0.125. The molecule has 2 atom stereocenters. The van der Waals surface area contributed by atoms with E-state index in [0.717, 1.165) is 24.1 Å². The summed E-state index contributed by atoms with van der Waals surface area (Å²) in [6, 6.07) is 8.30. The quantitative estimate of drug-likeness (QED) is 0.867. The van der Waals surface area contributed by atoms with Crippen LogP contribution in [0.1, 0.15) is 43.0 Å². The van der Waals surface area contributed by atoms with Crippen molar-refractivity contribution in [2.45, 2.75) is 44.8 Å². The molecule has 4 rings (SSSR count). The van der Waals surface area contributed by atoms with Crippen LogP contribution in [0.4, 0.5) is 0 Å². The number of aromatic nitrogens is 1. The Kier molecular flexibility index (Phi) is 3.45. The average Bonchev–Trinajstić information content (AvgIpc) is 2.92. The van der Waals surface area contributed by atoms with Crippen LogP contribution in [0.2, 0.25) is 0 Å². The molecule has 2 fully saturated rings. The van der Waals surface area contributed by atoms with E-state index in [1.807, 2.05) is 53.0 Å². The highest BCUT2D eigenvalue weighted by Gasteiger charge is 2.60. The van der Waals surface area contributed by atoms with Gasteiger partial charge >= 0.3 is 0 Å². The Balaban J connectivity index is 1.54. The molecule has 0 aliphatic heterocycles. The maximum atomic E-state index is 12.9. The van der Waals surface area contributed by atoms with Gasteiger partial charge in [-0.15, -0.1) is 0 Å². The second kappa shape index (κ2) is 5.38. The molecule has 1 amide bonds. The summed E-state index contributed by atoms with van der Waals surface area (Å²) < 4.78 is 7.91. The van der Waals surface area contributed by atoms with Crippen molar-refractivity contribution in [3.63, 3.8) is 0 Å². The Hall–Kier alpha value is -1.81. The SMILES string of the molecule is CCO[C@H]1C[C@H](N(C)C(=O)c2cc3ccccn3c2)C12CCC2. The Morgan fingerprint density at radius 2 is 2.26 bits per heavy atom. The molecule has 0 unspecified atom stereocenters. The lowest BCUT2D eigenvalue weighted by molar-refractivity contribution is -0.192. The van der Waals surface area contributed by atoms with Crippen molar-refractivity contribution in [2.75, 3.05) is 13.7 Å². The van der Waals surface area contributed by atoms with Crippen LogP contribution in [-0.2, 0) is 4.74 Å². The van der Waals surface area contributed by atoms with Crippen molar-refractivity contribution in [2.24, 2.45) is 5.41 Å². The van der Waals surface area contributed by atoms with Gasteiger partial charge in [-0.25, -0.2) is 0 Å². The summed E-state index contributed by atoms with van der Waals surface area (Å²) in [6.07, 6.45) is 8.88. The molecule has 4 heteroatoms. The first-order chi connectivity index (χ1) is 11.2. The van der Waals surface area contributed by atoms with Crippen LogP contribution in [0.3, 0.4) is 0 Å². The number of pyridine rings is 1. The van der Waals surface area contributed by atoms with Crippen LogP contribution < -0.4 is 0 Å². The van der Waals surface area contributed by atoms with E-state index in [4.69, 9.17) is 4.74 Å². The Morgan fingerprint density at radius 1 is 1.43 bits per heavy atom. The van der Waals surface area contributed by atoms with Crippen LogP contribution in [0.25, 0.3) is 5.52 Å². The molecule has 2 heterocycles. The van der Waals surface area contributed by atoms with Crippen molar-refractivity contribution in [1.29, 1.82) is 0 Å². The smallest absolute Gasteiger partial charge is 0.255 e. The van der Waals surface area contributed by atoms with Gasteiger partial charge in [0.25, 0.3) is 5.91 Å². The molecule has 0 aromatic carbocycles. The van der Waals surface area contributed by atoms with Gasteiger partial charge in [0.2, 0.25) is 0 Å². The molecule has 0 N–H and O–H groups in total. The molecule has 0 bridgehead atoms. The Labute approximate surface area is 137 Å². The van der Waals surface area contributed by atoms with E-state index in [1.54, 1.807) is 0 Å². The third kappa shape index (κ3) is 2.12. The predicted molar refractivity (Wildman–Crippen MR) is 89.6 cm³/mol. The third-order valence-electron chi connectivity index (χ3n) is 5.93. The molecule has 23 heavy (non-hydrogen) atoms. The fourth-order valence-electron chi connectivity index (χ4n) is 4.46. The zero-order valence-corrected chi connectivity index (χ0v) is 13.9. The standard InChI is InChI=1S/C19H24N2O2/c1-3-23-17-12-16(19(17)8-6-9-19)20(2)18(22)14-11-15-7-4-5-10-21(15)13-14/h4-5,7,10-11,13,16-17H,3,6,8-9,12H2,1-2H3/t16-,17-/m0/s1. The van der Waals surface area contributed by atoms with E-state index in [1.165, 1.54) is 19.3 Å². The van der Waals surface area contributed by atoms with Gasteiger partial charge in [-0.05, 0) is 44.4 Å². The van der Waals surface area contributed by atoms with Crippen LogP contribution >= 0.6 is 0 Å². The topological polar surface area (TPSA) is 34.0 Å². The first-order valence-corrected chi connectivity index (χ1v) is 8.61. The van der Waals surface area contributed by atoms with Gasteiger partial charge in [0, 0.05) is 43.0 Å². The minimum Gasteiger partial charge on any atom is -0.378 e. The van der Waals surface area contributed by atoms with E-state index >= 15 is 0 Å². The highest BCUT2D eigenvalue weighted by Crippen LogP contribution is 2.59. The van der Waals surface area contributed by atoms with Crippen molar-refractivity contribution in [3.8, 4) is 0 Å². The number of carbonyl (C=O) groups is 1. The first-order valence-electron chi connectivity index (χ1n) is 8.61. The maximum absolute atomic E-state index is 12.9. The number of amides is 1. The maximum Gasteiger partial charge on any atom is 0.255 e. The number of carbonyl (C=O) groups excluding carboxylic acids is 1. The third-order valence-corrected chi connectivity index (χ3v) is 5.93. The molecular formula is C19H24N2O2. The largest absolute Gasteiger partial charge is 0.378 e. The van der Waals surface area contributed by atoms with Crippen molar-refractivity contribution in [1.82, 2.24) is 9.30 Å². The molecule has 0 radical (unpaired) electrons. The molecule has 1 spiro atoms. The number of nitrogens with zero attached hydrogens (tertiary/aromatic N) is 2. The number of ether oxygens (including phenoxy) is 1.